The van der Waals surface area contributed by atoms with Gasteiger partial charge in [-0.05, 0) is 45.2 Å². The van der Waals surface area contributed by atoms with Crippen LogP contribution in [-0.4, -0.2) is 41.7 Å². The summed E-state index contributed by atoms with van der Waals surface area (Å²) in [4.78, 5) is 13.4. The summed E-state index contributed by atoms with van der Waals surface area (Å²) in [5.74, 6) is 5.40. The van der Waals surface area contributed by atoms with Crippen LogP contribution in [0.3, 0.4) is 0 Å². The number of aliphatic hydroxyl groups excluding tert-OH is 1. The van der Waals surface area contributed by atoms with Crippen molar-refractivity contribution in [2.45, 2.75) is 38.6 Å². The van der Waals surface area contributed by atoms with Crippen LogP contribution < -0.4 is 11.3 Å². The Kier molecular flexibility index (Phi) is 5.73. The third-order valence-corrected chi connectivity index (χ3v) is 3.48. The van der Waals surface area contributed by atoms with Crippen LogP contribution in [0.2, 0.25) is 0 Å². The molecule has 1 aliphatic rings. The fourth-order valence-corrected chi connectivity index (χ4v) is 2.17. The standard InChI is InChI=1S/C11H23N3O2/c1-9(2-3-11(16)13-12)14-6-4-10(8-15)5-7-14/h9-10,15H,2-8,12H2,1H3,(H,13,16). The summed E-state index contributed by atoms with van der Waals surface area (Å²) in [6.07, 6.45) is 3.44. The van der Waals surface area contributed by atoms with Crippen molar-refractivity contribution >= 4 is 5.91 Å². The molecular weight excluding hydrogens is 206 g/mol. The summed E-state index contributed by atoms with van der Waals surface area (Å²) in [6, 6.07) is 0.414. The minimum atomic E-state index is -0.0999. The molecule has 4 N–H and O–H groups in total. The maximum absolute atomic E-state index is 11.0. The predicted molar refractivity (Wildman–Crippen MR) is 62.4 cm³/mol. The third kappa shape index (κ3) is 4.08. The van der Waals surface area contributed by atoms with Gasteiger partial charge in [0.05, 0.1) is 0 Å². The molecule has 16 heavy (non-hydrogen) atoms. The summed E-state index contributed by atoms with van der Waals surface area (Å²) in [5, 5.41) is 9.04. The number of nitrogens with zero attached hydrogens (tertiary/aromatic N) is 1. The van der Waals surface area contributed by atoms with Crippen LogP contribution in [-0.2, 0) is 4.79 Å². The van der Waals surface area contributed by atoms with E-state index in [-0.39, 0.29) is 5.91 Å². The molecule has 0 aliphatic carbocycles. The van der Waals surface area contributed by atoms with Crippen molar-refractivity contribution in [3.63, 3.8) is 0 Å². The van der Waals surface area contributed by atoms with Crippen LogP contribution in [0.25, 0.3) is 0 Å². The first kappa shape index (κ1) is 13.4. The summed E-state index contributed by atoms with van der Waals surface area (Å²) in [5.41, 5.74) is 2.15. The molecule has 1 atom stereocenters. The highest BCUT2D eigenvalue weighted by atomic mass is 16.3. The Morgan fingerprint density at radius 3 is 2.69 bits per heavy atom. The van der Waals surface area contributed by atoms with Gasteiger partial charge in [-0.3, -0.25) is 10.2 Å². The minimum absolute atomic E-state index is 0.0999. The number of nitrogens with two attached hydrogens (primary N) is 1. The number of hydrogen-bond donors (Lipinski definition) is 3. The molecule has 94 valence electrons. The lowest BCUT2D eigenvalue weighted by Crippen LogP contribution is -2.41. The number of amides is 1. The Balaban J connectivity index is 2.22. The summed E-state index contributed by atoms with van der Waals surface area (Å²) in [6.45, 7) is 4.49. The van der Waals surface area contributed by atoms with Crippen LogP contribution in [0.15, 0.2) is 0 Å². The highest BCUT2D eigenvalue weighted by molar-refractivity contribution is 5.75. The molecule has 1 heterocycles. The summed E-state index contributed by atoms with van der Waals surface area (Å²) < 4.78 is 0. The molecule has 0 aromatic rings. The average molecular weight is 229 g/mol. The van der Waals surface area contributed by atoms with Gasteiger partial charge in [-0.15, -0.1) is 0 Å². The molecule has 0 saturated carbocycles. The number of hydrazine groups is 1. The number of carbonyl (C=O) groups excluding carboxylic acids is 1. The lowest BCUT2D eigenvalue weighted by atomic mass is 9.96. The maximum Gasteiger partial charge on any atom is 0.233 e. The van der Waals surface area contributed by atoms with Crippen molar-refractivity contribution in [3.05, 3.63) is 0 Å². The lowest BCUT2D eigenvalue weighted by Gasteiger charge is -2.35. The smallest absolute Gasteiger partial charge is 0.233 e. The van der Waals surface area contributed by atoms with Crippen LogP contribution in [0.1, 0.15) is 32.6 Å². The fourth-order valence-electron chi connectivity index (χ4n) is 2.17. The zero-order valence-corrected chi connectivity index (χ0v) is 9.98. The summed E-state index contributed by atoms with van der Waals surface area (Å²) in [7, 11) is 0. The van der Waals surface area contributed by atoms with E-state index in [0.29, 0.717) is 25.0 Å². The predicted octanol–water partition coefficient (Wildman–Crippen LogP) is -0.151. The molecule has 0 spiro atoms. The third-order valence-electron chi connectivity index (χ3n) is 3.48. The number of likely N-dealkylation sites (tertiary alicyclic amines) is 1. The van der Waals surface area contributed by atoms with E-state index in [1.54, 1.807) is 0 Å². The van der Waals surface area contributed by atoms with E-state index in [9.17, 15) is 4.79 Å². The van der Waals surface area contributed by atoms with Gasteiger partial charge in [-0.2, -0.15) is 0 Å². The lowest BCUT2D eigenvalue weighted by molar-refractivity contribution is -0.121. The number of aliphatic hydroxyl groups is 1. The van der Waals surface area contributed by atoms with Crippen molar-refractivity contribution in [3.8, 4) is 0 Å². The second-order valence-corrected chi connectivity index (χ2v) is 4.62. The van der Waals surface area contributed by atoms with Crippen molar-refractivity contribution in [2.75, 3.05) is 19.7 Å². The highest BCUT2D eigenvalue weighted by Gasteiger charge is 2.22. The zero-order valence-electron chi connectivity index (χ0n) is 9.98. The van der Waals surface area contributed by atoms with E-state index in [1.807, 2.05) is 0 Å². The molecule has 0 radical (unpaired) electrons. The SMILES string of the molecule is CC(CCC(=O)NN)N1CCC(CO)CC1. The second kappa shape index (κ2) is 6.83. The Bertz CT molecular complexity index is 215. The quantitative estimate of drug-likeness (QED) is 0.348. The van der Waals surface area contributed by atoms with Gasteiger partial charge in [0.15, 0.2) is 0 Å². The first-order valence-corrected chi connectivity index (χ1v) is 6.01. The summed E-state index contributed by atoms with van der Waals surface area (Å²) >= 11 is 0. The van der Waals surface area contributed by atoms with E-state index < -0.39 is 0 Å². The first-order valence-electron chi connectivity index (χ1n) is 6.01. The second-order valence-electron chi connectivity index (χ2n) is 4.62. The number of nitrogens with one attached hydrogen (secondary N) is 1. The van der Waals surface area contributed by atoms with E-state index in [0.717, 1.165) is 32.4 Å². The van der Waals surface area contributed by atoms with Crippen LogP contribution in [0.4, 0.5) is 0 Å². The van der Waals surface area contributed by atoms with Gasteiger partial charge in [-0.1, -0.05) is 0 Å². The molecule has 0 aromatic carbocycles. The molecule has 1 unspecified atom stereocenters. The Labute approximate surface area is 97.0 Å². The van der Waals surface area contributed by atoms with Gasteiger partial charge in [0.1, 0.15) is 0 Å². The fraction of sp³-hybridized carbons (Fsp3) is 0.909. The zero-order chi connectivity index (χ0) is 12.0. The van der Waals surface area contributed by atoms with Crippen molar-refractivity contribution in [1.29, 1.82) is 0 Å². The number of carbonyl (C=O) groups is 1. The van der Waals surface area contributed by atoms with Crippen LogP contribution in [0.5, 0.6) is 0 Å². The van der Waals surface area contributed by atoms with Crippen molar-refractivity contribution in [1.82, 2.24) is 10.3 Å². The highest BCUT2D eigenvalue weighted by Crippen LogP contribution is 2.19. The molecule has 5 heteroatoms. The van der Waals surface area contributed by atoms with Crippen molar-refractivity contribution in [2.24, 2.45) is 11.8 Å². The topological polar surface area (TPSA) is 78.6 Å². The van der Waals surface area contributed by atoms with Gasteiger partial charge in [-0.25, -0.2) is 5.84 Å². The Hall–Kier alpha value is -0.650. The molecular formula is C11H23N3O2. The first-order chi connectivity index (χ1) is 7.67. The Morgan fingerprint density at radius 2 is 2.19 bits per heavy atom. The molecule has 1 aliphatic heterocycles. The van der Waals surface area contributed by atoms with Gasteiger partial charge < -0.3 is 10.0 Å². The van der Waals surface area contributed by atoms with Gasteiger partial charge in [0.25, 0.3) is 0 Å². The molecule has 0 bridgehead atoms. The van der Waals surface area contributed by atoms with E-state index in [1.165, 1.54) is 0 Å². The molecule has 5 nitrogen and oxygen atoms in total. The number of rotatable bonds is 5. The Morgan fingerprint density at radius 1 is 1.56 bits per heavy atom. The van der Waals surface area contributed by atoms with Gasteiger partial charge in [0, 0.05) is 19.1 Å². The van der Waals surface area contributed by atoms with E-state index in [4.69, 9.17) is 10.9 Å². The average Bonchev–Trinajstić information content (AvgIpc) is 2.35. The van der Waals surface area contributed by atoms with E-state index in [2.05, 4.69) is 17.2 Å². The molecule has 0 aromatic heterocycles. The van der Waals surface area contributed by atoms with E-state index >= 15 is 0 Å². The number of piperidine rings is 1. The molecule has 1 fully saturated rings. The van der Waals surface area contributed by atoms with Crippen LogP contribution >= 0.6 is 0 Å². The van der Waals surface area contributed by atoms with Gasteiger partial charge >= 0.3 is 0 Å². The maximum atomic E-state index is 11.0. The number of hydrogen-bond acceptors (Lipinski definition) is 4. The minimum Gasteiger partial charge on any atom is -0.396 e. The van der Waals surface area contributed by atoms with Gasteiger partial charge in [0.2, 0.25) is 5.91 Å². The van der Waals surface area contributed by atoms with Crippen molar-refractivity contribution < 1.29 is 9.90 Å². The normalized spacial score (nSPS) is 20.7. The van der Waals surface area contributed by atoms with Crippen LogP contribution in [0, 0.1) is 5.92 Å². The monoisotopic (exact) mass is 229 g/mol. The molecule has 1 rings (SSSR count). The molecule has 1 amide bonds. The largest absolute Gasteiger partial charge is 0.396 e. The molecule has 1 saturated heterocycles.